The Morgan fingerprint density at radius 1 is 0.636 bits per heavy atom. The van der Waals surface area contributed by atoms with Gasteiger partial charge >= 0.3 is 17.9 Å². The van der Waals surface area contributed by atoms with Crippen LogP contribution in [-0.4, -0.2) is 159 Å². The first-order chi connectivity index (χ1) is 25.7. The predicted molar refractivity (Wildman–Crippen MR) is 214 cm³/mol. The van der Waals surface area contributed by atoms with Crippen molar-refractivity contribution in [1.82, 2.24) is 19.6 Å². The standard InChI is InChI=1S/C42H72N4O9/c1-12-51-26-27-53-35-16-14-33(15-17-35)28-36(39(50)52-13-2)46-24-22-43(30-34(47)29-40(3,4)5)18-19-44(31-37(48)54-41(6,7)8)20-21-45(23-25-46)32-38(49)55-42(9,10)11/h14-17,36H,12-13,18-32H2,1-11H3. The maximum absolute atomic E-state index is 13.8. The molecule has 1 aliphatic rings. The maximum atomic E-state index is 13.8. The number of benzene rings is 1. The molecule has 2 rings (SSSR count). The topological polar surface area (TPSA) is 127 Å². The summed E-state index contributed by atoms with van der Waals surface area (Å²) in [6.07, 6.45) is 0.835. The second-order valence-corrected chi connectivity index (χ2v) is 17.5. The fourth-order valence-electron chi connectivity index (χ4n) is 6.26. The summed E-state index contributed by atoms with van der Waals surface area (Å²) in [7, 11) is 0. The lowest BCUT2D eigenvalue weighted by molar-refractivity contribution is -0.158. The van der Waals surface area contributed by atoms with E-state index in [2.05, 4.69) is 30.6 Å². The van der Waals surface area contributed by atoms with Crippen LogP contribution in [0.4, 0.5) is 0 Å². The third-order valence-corrected chi connectivity index (χ3v) is 8.60. The van der Waals surface area contributed by atoms with Crippen LogP contribution in [-0.2, 0) is 44.5 Å². The van der Waals surface area contributed by atoms with Gasteiger partial charge in [-0.3, -0.25) is 38.8 Å². The molecule has 13 nitrogen and oxygen atoms in total. The first kappa shape index (κ1) is 48.0. The SMILES string of the molecule is CCOCCOc1ccc(CC(C(=O)OCC)N2CCN(CC(=O)CC(C)(C)C)CCN(CC(=O)OC(C)(C)C)CCN(CC(=O)OC(C)(C)C)CC2)cc1. The van der Waals surface area contributed by atoms with E-state index in [-0.39, 0.29) is 55.3 Å². The molecule has 0 saturated carbocycles. The second kappa shape index (κ2) is 23.2. The third-order valence-electron chi connectivity index (χ3n) is 8.60. The first-order valence-electron chi connectivity index (χ1n) is 20.0. The molecule has 1 heterocycles. The summed E-state index contributed by atoms with van der Waals surface area (Å²) < 4.78 is 28.2. The molecule has 55 heavy (non-hydrogen) atoms. The minimum Gasteiger partial charge on any atom is -0.491 e. The number of hydrogen-bond acceptors (Lipinski definition) is 13. The average Bonchev–Trinajstić information content (AvgIpc) is 3.04. The van der Waals surface area contributed by atoms with Gasteiger partial charge in [0.15, 0.2) is 0 Å². The van der Waals surface area contributed by atoms with Crippen molar-refractivity contribution in [2.24, 2.45) is 5.41 Å². The largest absolute Gasteiger partial charge is 0.491 e. The van der Waals surface area contributed by atoms with Gasteiger partial charge in [-0.05, 0) is 84.9 Å². The number of carbonyl (C=O) groups excluding carboxylic acids is 4. The van der Waals surface area contributed by atoms with Crippen LogP contribution in [0.15, 0.2) is 24.3 Å². The van der Waals surface area contributed by atoms with Gasteiger partial charge in [-0.2, -0.15) is 0 Å². The van der Waals surface area contributed by atoms with Crippen molar-refractivity contribution in [1.29, 1.82) is 0 Å². The zero-order valence-electron chi connectivity index (χ0n) is 35.9. The van der Waals surface area contributed by atoms with Crippen LogP contribution >= 0.6 is 0 Å². The number of carbonyl (C=O) groups is 4. The van der Waals surface area contributed by atoms with E-state index < -0.39 is 17.2 Å². The molecule has 1 aromatic carbocycles. The number of ether oxygens (including phenoxy) is 5. The third kappa shape index (κ3) is 21.7. The highest BCUT2D eigenvalue weighted by Gasteiger charge is 2.31. The number of hydrogen-bond donors (Lipinski definition) is 0. The maximum Gasteiger partial charge on any atom is 0.323 e. The zero-order chi connectivity index (χ0) is 41.2. The number of esters is 3. The molecule has 0 spiro atoms. The second-order valence-electron chi connectivity index (χ2n) is 17.5. The molecule has 1 atom stereocenters. The molecule has 0 N–H and O–H groups in total. The summed E-state index contributed by atoms with van der Waals surface area (Å²) in [4.78, 5) is 61.6. The van der Waals surface area contributed by atoms with Crippen molar-refractivity contribution < 1.29 is 42.9 Å². The van der Waals surface area contributed by atoms with Crippen molar-refractivity contribution in [3.63, 3.8) is 0 Å². The van der Waals surface area contributed by atoms with E-state index in [1.54, 1.807) is 6.92 Å². The van der Waals surface area contributed by atoms with Crippen LogP contribution in [0.2, 0.25) is 0 Å². The fourth-order valence-corrected chi connectivity index (χ4v) is 6.26. The van der Waals surface area contributed by atoms with E-state index in [4.69, 9.17) is 23.7 Å². The quantitative estimate of drug-likeness (QED) is 0.126. The van der Waals surface area contributed by atoms with Crippen LogP contribution in [0.25, 0.3) is 0 Å². The Labute approximate surface area is 331 Å². The lowest BCUT2D eigenvalue weighted by Gasteiger charge is -2.36. The highest BCUT2D eigenvalue weighted by atomic mass is 16.6. The van der Waals surface area contributed by atoms with Crippen LogP contribution in [0.5, 0.6) is 5.75 Å². The van der Waals surface area contributed by atoms with Gasteiger partial charge in [0.05, 0.1) is 32.8 Å². The molecule has 1 fully saturated rings. The van der Waals surface area contributed by atoms with Crippen molar-refractivity contribution in [2.75, 3.05) is 98.4 Å². The van der Waals surface area contributed by atoms with E-state index >= 15 is 0 Å². The molecular formula is C42H72N4O9. The Hall–Kier alpha value is -3.10. The Balaban J connectivity index is 2.46. The molecule has 1 saturated heterocycles. The van der Waals surface area contributed by atoms with Gasteiger partial charge in [0, 0.05) is 65.4 Å². The molecule has 0 aliphatic carbocycles. The highest BCUT2D eigenvalue weighted by molar-refractivity contribution is 5.81. The normalized spacial score (nSPS) is 17.1. The Kier molecular flexibility index (Phi) is 20.3. The Bertz CT molecular complexity index is 1270. The van der Waals surface area contributed by atoms with E-state index in [0.29, 0.717) is 85.0 Å². The van der Waals surface area contributed by atoms with Gasteiger partial charge in [0.2, 0.25) is 0 Å². The summed E-state index contributed by atoms with van der Waals surface area (Å²) in [6, 6.07) is 7.10. The monoisotopic (exact) mass is 777 g/mol. The number of ketones is 1. The van der Waals surface area contributed by atoms with E-state index in [1.165, 1.54) is 0 Å². The van der Waals surface area contributed by atoms with Crippen LogP contribution in [0.1, 0.15) is 88.1 Å². The average molecular weight is 777 g/mol. The molecule has 1 unspecified atom stereocenters. The van der Waals surface area contributed by atoms with Crippen molar-refractivity contribution in [3.05, 3.63) is 29.8 Å². The van der Waals surface area contributed by atoms with E-state index in [1.807, 2.05) is 82.5 Å². The van der Waals surface area contributed by atoms with E-state index in [0.717, 1.165) is 11.3 Å². The summed E-state index contributed by atoms with van der Waals surface area (Å²) in [5, 5.41) is 0. The lowest BCUT2D eigenvalue weighted by atomic mass is 9.90. The number of Topliss-reactive ketones (excluding diaryl/α,β-unsaturated/α-hetero) is 1. The molecule has 1 aliphatic heterocycles. The van der Waals surface area contributed by atoms with Gasteiger partial charge in [0.1, 0.15) is 35.4 Å². The highest BCUT2D eigenvalue weighted by Crippen LogP contribution is 2.20. The summed E-state index contributed by atoms with van der Waals surface area (Å²) in [5.41, 5.74) is -0.488. The van der Waals surface area contributed by atoms with Gasteiger partial charge in [0.25, 0.3) is 0 Å². The molecule has 13 heteroatoms. The van der Waals surface area contributed by atoms with E-state index in [9.17, 15) is 19.2 Å². The van der Waals surface area contributed by atoms with Crippen molar-refractivity contribution >= 4 is 23.7 Å². The van der Waals surface area contributed by atoms with Crippen LogP contribution < -0.4 is 4.74 Å². The van der Waals surface area contributed by atoms with Gasteiger partial charge in [-0.15, -0.1) is 0 Å². The van der Waals surface area contributed by atoms with Crippen LogP contribution in [0.3, 0.4) is 0 Å². The zero-order valence-corrected chi connectivity index (χ0v) is 35.9. The van der Waals surface area contributed by atoms with Crippen molar-refractivity contribution in [2.45, 2.75) is 106 Å². The molecule has 1 aromatic rings. The Morgan fingerprint density at radius 2 is 1.11 bits per heavy atom. The summed E-state index contributed by atoms with van der Waals surface area (Å²) >= 11 is 0. The molecule has 0 amide bonds. The lowest BCUT2D eigenvalue weighted by Crippen LogP contribution is -2.53. The summed E-state index contributed by atoms with van der Waals surface area (Å²) in [5.74, 6) is -0.152. The van der Waals surface area contributed by atoms with Crippen molar-refractivity contribution in [3.8, 4) is 5.75 Å². The smallest absolute Gasteiger partial charge is 0.323 e. The molecule has 0 aromatic heterocycles. The summed E-state index contributed by atoms with van der Waals surface area (Å²) in [6.45, 7) is 27.0. The Morgan fingerprint density at radius 3 is 1.55 bits per heavy atom. The predicted octanol–water partition coefficient (Wildman–Crippen LogP) is 4.49. The van der Waals surface area contributed by atoms with Gasteiger partial charge in [-0.1, -0.05) is 32.9 Å². The molecule has 0 radical (unpaired) electrons. The van der Waals surface area contributed by atoms with Crippen LogP contribution in [0, 0.1) is 5.41 Å². The van der Waals surface area contributed by atoms with Gasteiger partial charge in [-0.25, -0.2) is 0 Å². The van der Waals surface area contributed by atoms with Gasteiger partial charge < -0.3 is 23.7 Å². The molecule has 314 valence electrons. The molecule has 0 bridgehead atoms. The minimum atomic E-state index is -0.648. The molecular weight excluding hydrogens is 704 g/mol. The number of rotatable bonds is 17. The number of nitrogens with zero attached hydrogens (tertiary/aromatic N) is 4. The fraction of sp³-hybridized carbons (Fsp3) is 0.762. The minimum absolute atomic E-state index is 0.0493. The first-order valence-corrected chi connectivity index (χ1v) is 20.0.